The highest BCUT2D eigenvalue weighted by Gasteiger charge is 2.04. The van der Waals surface area contributed by atoms with Crippen LogP contribution in [0.25, 0.3) is 6.08 Å². The van der Waals surface area contributed by atoms with Crippen LogP contribution in [0.1, 0.15) is 23.1 Å². The maximum absolute atomic E-state index is 11.7. The van der Waals surface area contributed by atoms with Crippen LogP contribution < -0.4 is 5.32 Å². The summed E-state index contributed by atoms with van der Waals surface area (Å²) in [5.74, 6) is -0.814. The molecule has 0 aliphatic carbocycles. The normalized spacial score (nSPS) is 10.6. The molecule has 4 heteroatoms. The van der Waals surface area contributed by atoms with E-state index in [0.717, 1.165) is 24.0 Å². The van der Waals surface area contributed by atoms with Crippen LogP contribution in [-0.2, 0) is 20.7 Å². The lowest BCUT2D eigenvalue weighted by molar-refractivity contribution is -0.143. The molecule has 0 saturated heterocycles. The molecule has 0 atom stereocenters. The van der Waals surface area contributed by atoms with Crippen LogP contribution >= 0.6 is 0 Å². The first-order valence-corrected chi connectivity index (χ1v) is 8.35. The van der Waals surface area contributed by atoms with E-state index in [9.17, 15) is 9.59 Å². The van der Waals surface area contributed by atoms with Gasteiger partial charge in [0.05, 0.1) is 0 Å². The summed E-state index contributed by atoms with van der Waals surface area (Å²) in [5.41, 5.74) is 3.28. The van der Waals surface area contributed by atoms with E-state index in [1.807, 2.05) is 49.4 Å². The first-order valence-electron chi connectivity index (χ1n) is 8.35. The van der Waals surface area contributed by atoms with Crippen molar-refractivity contribution in [1.82, 2.24) is 5.32 Å². The van der Waals surface area contributed by atoms with E-state index < -0.39 is 5.97 Å². The molecule has 0 bridgehead atoms. The molecular formula is C21H23NO3. The SMILES string of the molecule is Cc1cccc(/C=C/C(=O)OCC(=O)NCCCc2ccccc2)c1. The Balaban J connectivity index is 1.61. The van der Waals surface area contributed by atoms with E-state index in [1.54, 1.807) is 6.08 Å². The molecule has 0 radical (unpaired) electrons. The topological polar surface area (TPSA) is 55.4 Å². The molecule has 2 rings (SSSR count). The van der Waals surface area contributed by atoms with Crippen LogP contribution in [0, 0.1) is 6.92 Å². The minimum Gasteiger partial charge on any atom is -0.452 e. The molecule has 0 unspecified atom stereocenters. The van der Waals surface area contributed by atoms with E-state index >= 15 is 0 Å². The summed E-state index contributed by atoms with van der Waals surface area (Å²) in [7, 11) is 0. The van der Waals surface area contributed by atoms with E-state index in [1.165, 1.54) is 11.6 Å². The molecule has 0 saturated carbocycles. The molecule has 4 nitrogen and oxygen atoms in total. The van der Waals surface area contributed by atoms with E-state index in [0.29, 0.717) is 6.54 Å². The average Bonchev–Trinajstić information content (AvgIpc) is 2.63. The smallest absolute Gasteiger partial charge is 0.331 e. The van der Waals surface area contributed by atoms with Crippen molar-refractivity contribution in [3.63, 3.8) is 0 Å². The van der Waals surface area contributed by atoms with Crippen LogP contribution in [0.3, 0.4) is 0 Å². The van der Waals surface area contributed by atoms with Gasteiger partial charge in [0.15, 0.2) is 6.61 Å². The number of aryl methyl sites for hydroxylation is 2. The molecule has 1 amide bonds. The zero-order valence-corrected chi connectivity index (χ0v) is 14.4. The number of carbonyl (C=O) groups is 2. The molecule has 0 aromatic heterocycles. The minimum absolute atomic E-state index is 0.262. The number of ether oxygens (including phenoxy) is 1. The molecular weight excluding hydrogens is 314 g/mol. The van der Waals surface area contributed by atoms with Crippen molar-refractivity contribution < 1.29 is 14.3 Å². The third-order valence-corrected chi connectivity index (χ3v) is 3.61. The summed E-state index contributed by atoms with van der Waals surface area (Å²) in [6, 6.07) is 17.9. The number of nitrogens with one attached hydrogen (secondary N) is 1. The summed E-state index contributed by atoms with van der Waals surface area (Å²) in [6.07, 6.45) is 4.75. The Bertz CT molecular complexity index is 723. The van der Waals surface area contributed by atoms with Crippen molar-refractivity contribution in [3.8, 4) is 0 Å². The van der Waals surface area contributed by atoms with Gasteiger partial charge in [-0.2, -0.15) is 0 Å². The maximum Gasteiger partial charge on any atom is 0.331 e. The van der Waals surface area contributed by atoms with Gasteiger partial charge in [0, 0.05) is 12.6 Å². The second-order valence-corrected chi connectivity index (χ2v) is 5.79. The van der Waals surface area contributed by atoms with Crippen LogP contribution in [0.2, 0.25) is 0 Å². The Labute approximate surface area is 148 Å². The molecule has 2 aromatic carbocycles. The lowest BCUT2D eigenvalue weighted by Gasteiger charge is -2.05. The highest BCUT2D eigenvalue weighted by Crippen LogP contribution is 2.06. The third-order valence-electron chi connectivity index (χ3n) is 3.61. The summed E-state index contributed by atoms with van der Waals surface area (Å²) >= 11 is 0. The van der Waals surface area contributed by atoms with Crippen molar-refractivity contribution in [3.05, 3.63) is 77.4 Å². The fourth-order valence-corrected chi connectivity index (χ4v) is 2.34. The maximum atomic E-state index is 11.7. The number of benzene rings is 2. The van der Waals surface area contributed by atoms with Crippen LogP contribution in [0.5, 0.6) is 0 Å². The highest BCUT2D eigenvalue weighted by molar-refractivity contribution is 5.89. The minimum atomic E-state index is -0.527. The van der Waals surface area contributed by atoms with Gasteiger partial charge in [0.2, 0.25) is 0 Å². The predicted octanol–water partition coefficient (Wildman–Crippen LogP) is 3.30. The van der Waals surface area contributed by atoms with Gasteiger partial charge in [-0.1, -0.05) is 60.2 Å². The molecule has 0 aliphatic heterocycles. The van der Waals surface area contributed by atoms with Crippen molar-refractivity contribution in [2.24, 2.45) is 0 Å². The van der Waals surface area contributed by atoms with Gasteiger partial charge >= 0.3 is 5.97 Å². The number of hydrogen-bond donors (Lipinski definition) is 1. The Hall–Kier alpha value is -2.88. The second-order valence-electron chi connectivity index (χ2n) is 5.79. The number of esters is 1. The fourth-order valence-electron chi connectivity index (χ4n) is 2.34. The Morgan fingerprint density at radius 2 is 1.88 bits per heavy atom. The summed E-state index contributed by atoms with van der Waals surface area (Å²) in [4.78, 5) is 23.3. The molecule has 2 aromatic rings. The number of hydrogen-bond acceptors (Lipinski definition) is 3. The van der Waals surface area contributed by atoms with Gasteiger partial charge in [-0.3, -0.25) is 4.79 Å². The quantitative estimate of drug-likeness (QED) is 0.457. The van der Waals surface area contributed by atoms with Crippen molar-refractivity contribution >= 4 is 18.0 Å². The van der Waals surface area contributed by atoms with Crippen molar-refractivity contribution in [1.29, 1.82) is 0 Å². The van der Waals surface area contributed by atoms with Gasteiger partial charge < -0.3 is 10.1 Å². The van der Waals surface area contributed by atoms with Gasteiger partial charge in [0.1, 0.15) is 0 Å². The van der Waals surface area contributed by atoms with Crippen molar-refractivity contribution in [2.75, 3.05) is 13.2 Å². The van der Waals surface area contributed by atoms with Gasteiger partial charge in [0.25, 0.3) is 5.91 Å². The molecule has 0 spiro atoms. The summed E-state index contributed by atoms with van der Waals surface area (Å²) in [6.45, 7) is 2.28. The first kappa shape index (κ1) is 18.5. The monoisotopic (exact) mass is 337 g/mol. The average molecular weight is 337 g/mol. The lowest BCUT2D eigenvalue weighted by Crippen LogP contribution is -2.29. The largest absolute Gasteiger partial charge is 0.452 e. The van der Waals surface area contributed by atoms with Crippen molar-refractivity contribution in [2.45, 2.75) is 19.8 Å². The fraction of sp³-hybridized carbons (Fsp3) is 0.238. The molecule has 0 heterocycles. The third kappa shape index (κ3) is 7.48. The number of amides is 1. The van der Waals surface area contributed by atoms with Crippen LogP contribution in [-0.4, -0.2) is 25.0 Å². The molecule has 130 valence electrons. The zero-order chi connectivity index (χ0) is 17.9. The molecule has 0 aliphatic rings. The lowest BCUT2D eigenvalue weighted by atomic mass is 10.1. The Morgan fingerprint density at radius 1 is 1.08 bits per heavy atom. The number of rotatable bonds is 8. The Kier molecular flexibility index (Phi) is 7.44. The summed E-state index contributed by atoms with van der Waals surface area (Å²) in [5, 5.41) is 2.75. The standard InChI is InChI=1S/C21H23NO3/c1-17-7-5-10-19(15-17)12-13-21(24)25-16-20(23)22-14-6-11-18-8-3-2-4-9-18/h2-5,7-10,12-13,15H,6,11,14,16H2,1H3,(H,22,23)/b13-12+. The molecule has 1 N–H and O–H groups in total. The van der Waals surface area contributed by atoms with Crippen LogP contribution in [0.15, 0.2) is 60.7 Å². The van der Waals surface area contributed by atoms with Gasteiger partial charge in [-0.25, -0.2) is 4.79 Å². The van der Waals surface area contributed by atoms with E-state index in [4.69, 9.17) is 4.74 Å². The predicted molar refractivity (Wildman–Crippen MR) is 98.9 cm³/mol. The Morgan fingerprint density at radius 3 is 2.64 bits per heavy atom. The van der Waals surface area contributed by atoms with Gasteiger partial charge in [-0.15, -0.1) is 0 Å². The van der Waals surface area contributed by atoms with Crippen LogP contribution in [0.4, 0.5) is 0 Å². The molecule has 0 fully saturated rings. The summed E-state index contributed by atoms with van der Waals surface area (Å²) < 4.78 is 4.93. The zero-order valence-electron chi connectivity index (χ0n) is 14.4. The number of carbonyl (C=O) groups excluding carboxylic acids is 2. The first-order chi connectivity index (χ1) is 12.1. The molecule has 25 heavy (non-hydrogen) atoms. The highest BCUT2D eigenvalue weighted by atomic mass is 16.5. The second kappa shape index (κ2) is 10.1. The van der Waals surface area contributed by atoms with Gasteiger partial charge in [-0.05, 0) is 37.0 Å². The van der Waals surface area contributed by atoms with E-state index in [-0.39, 0.29) is 12.5 Å². The van der Waals surface area contributed by atoms with E-state index in [2.05, 4.69) is 17.4 Å².